The van der Waals surface area contributed by atoms with E-state index in [1.54, 1.807) is 0 Å². The van der Waals surface area contributed by atoms with Crippen LogP contribution < -0.4 is 0 Å². The largest absolute Gasteiger partial charge is 0.264 e. The number of aromatic nitrogens is 1. The van der Waals surface area contributed by atoms with Gasteiger partial charge in [-0.05, 0) is 78.7 Å². The van der Waals surface area contributed by atoms with E-state index in [0.29, 0.717) is 0 Å². The molecule has 1 nitrogen and oxygen atoms in total. The number of hydrogen-bond donors (Lipinski definition) is 0. The third kappa shape index (κ3) is 3.59. The Morgan fingerprint density at radius 3 is 1.62 bits per heavy atom. The fourth-order valence-electron chi connectivity index (χ4n) is 5.72. The van der Waals surface area contributed by atoms with Gasteiger partial charge in [0.05, 0.1) is 0 Å². The Labute approximate surface area is 216 Å². The van der Waals surface area contributed by atoms with Crippen LogP contribution in [0.1, 0.15) is 5.56 Å². The van der Waals surface area contributed by atoms with Crippen LogP contribution in [0.4, 0.5) is 0 Å². The van der Waals surface area contributed by atoms with Gasteiger partial charge in [-0.25, -0.2) is 0 Å². The van der Waals surface area contributed by atoms with Crippen molar-refractivity contribution in [2.75, 3.05) is 0 Å². The average molecular weight is 472 g/mol. The van der Waals surface area contributed by atoms with Crippen molar-refractivity contribution >= 4 is 32.3 Å². The Kier molecular flexibility index (Phi) is 5.08. The Morgan fingerprint density at radius 2 is 0.973 bits per heavy atom. The summed E-state index contributed by atoms with van der Waals surface area (Å²) in [5, 5.41) is 7.64. The second kappa shape index (κ2) is 8.72. The maximum atomic E-state index is 4.38. The van der Waals surface area contributed by atoms with Crippen LogP contribution in [0.15, 0.2) is 134 Å². The molecule has 174 valence electrons. The van der Waals surface area contributed by atoms with Crippen molar-refractivity contribution in [3.63, 3.8) is 0 Å². The van der Waals surface area contributed by atoms with E-state index in [9.17, 15) is 0 Å². The van der Waals surface area contributed by atoms with Gasteiger partial charge in [-0.15, -0.1) is 0 Å². The molecule has 37 heavy (non-hydrogen) atoms. The molecular weight excluding hydrogens is 446 g/mol. The number of benzene rings is 6. The van der Waals surface area contributed by atoms with Gasteiger partial charge in [0.2, 0.25) is 0 Å². The minimum absolute atomic E-state index is 1.15. The van der Waals surface area contributed by atoms with Gasteiger partial charge in [-0.3, -0.25) is 4.98 Å². The summed E-state index contributed by atoms with van der Waals surface area (Å²) < 4.78 is 0. The van der Waals surface area contributed by atoms with Crippen molar-refractivity contribution in [2.45, 2.75) is 6.92 Å². The zero-order valence-corrected chi connectivity index (χ0v) is 20.6. The summed E-state index contributed by atoms with van der Waals surface area (Å²) in [6.07, 6.45) is 3.83. The molecule has 0 unspecified atom stereocenters. The lowest BCUT2D eigenvalue weighted by molar-refractivity contribution is 1.27. The summed E-state index contributed by atoms with van der Waals surface area (Å²) >= 11 is 0. The van der Waals surface area contributed by atoms with Gasteiger partial charge < -0.3 is 0 Å². The van der Waals surface area contributed by atoms with Crippen LogP contribution in [0.3, 0.4) is 0 Å². The summed E-state index contributed by atoms with van der Waals surface area (Å²) in [5.41, 5.74) is 8.58. The number of nitrogens with zero attached hydrogens (tertiary/aromatic N) is 1. The fourth-order valence-corrected chi connectivity index (χ4v) is 5.72. The van der Waals surface area contributed by atoms with Crippen LogP contribution in [0.5, 0.6) is 0 Å². The van der Waals surface area contributed by atoms with E-state index >= 15 is 0 Å². The predicted molar refractivity (Wildman–Crippen MR) is 158 cm³/mol. The molecule has 0 aliphatic carbocycles. The zero-order valence-electron chi connectivity index (χ0n) is 20.6. The highest BCUT2D eigenvalue weighted by Gasteiger charge is 2.17. The van der Waals surface area contributed by atoms with Gasteiger partial charge in [0.25, 0.3) is 0 Å². The predicted octanol–water partition coefficient (Wildman–Crippen LogP) is 9.85. The summed E-state index contributed by atoms with van der Waals surface area (Å²) in [5.74, 6) is 0. The van der Waals surface area contributed by atoms with E-state index in [-0.39, 0.29) is 0 Å². The van der Waals surface area contributed by atoms with Gasteiger partial charge >= 0.3 is 0 Å². The first kappa shape index (κ1) is 21.5. The van der Waals surface area contributed by atoms with Crippen molar-refractivity contribution in [3.05, 3.63) is 139 Å². The molecule has 0 saturated heterocycles. The Balaban J connectivity index is 1.52. The molecule has 1 heteroatoms. The van der Waals surface area contributed by atoms with Crippen LogP contribution in [-0.2, 0) is 0 Å². The van der Waals surface area contributed by atoms with E-state index < -0.39 is 0 Å². The number of aryl methyl sites for hydroxylation is 1. The van der Waals surface area contributed by atoms with E-state index in [0.717, 1.165) is 5.56 Å². The van der Waals surface area contributed by atoms with Gasteiger partial charge in [-0.1, -0.05) is 115 Å². The molecule has 0 N–H and O–H groups in total. The number of hydrogen-bond acceptors (Lipinski definition) is 1. The third-order valence-electron chi connectivity index (χ3n) is 7.37. The first-order valence-electron chi connectivity index (χ1n) is 12.7. The van der Waals surface area contributed by atoms with Gasteiger partial charge in [-0.2, -0.15) is 0 Å². The van der Waals surface area contributed by atoms with Crippen molar-refractivity contribution < 1.29 is 0 Å². The van der Waals surface area contributed by atoms with Crippen LogP contribution in [0.2, 0.25) is 0 Å². The monoisotopic (exact) mass is 471 g/mol. The normalized spacial score (nSPS) is 11.4. The molecule has 0 aliphatic rings. The van der Waals surface area contributed by atoms with E-state index in [1.807, 2.05) is 12.4 Å². The van der Waals surface area contributed by atoms with Crippen LogP contribution in [0.25, 0.3) is 65.7 Å². The van der Waals surface area contributed by atoms with E-state index in [2.05, 4.69) is 133 Å². The van der Waals surface area contributed by atoms with Crippen LogP contribution >= 0.6 is 0 Å². The molecule has 1 heterocycles. The minimum atomic E-state index is 1.15. The molecule has 0 fully saturated rings. The first-order valence-corrected chi connectivity index (χ1v) is 12.7. The molecule has 0 bridgehead atoms. The Hall–Kier alpha value is -4.75. The topological polar surface area (TPSA) is 12.9 Å². The van der Waals surface area contributed by atoms with Gasteiger partial charge in [0.1, 0.15) is 0 Å². The standard InChI is InChI=1S/C36H25N/c1-24-21-28(23-37-22-24)25-17-19-27(20-18-25)35-31-12-4-6-14-33(31)36(34-15-7-5-13-32(34)35)30-16-8-10-26-9-2-3-11-29(26)30/h2-23H,1H3. The maximum absolute atomic E-state index is 4.38. The third-order valence-corrected chi connectivity index (χ3v) is 7.37. The zero-order chi connectivity index (χ0) is 24.8. The quantitative estimate of drug-likeness (QED) is 0.234. The van der Waals surface area contributed by atoms with Crippen molar-refractivity contribution in [1.29, 1.82) is 0 Å². The molecule has 0 saturated carbocycles. The highest BCUT2D eigenvalue weighted by atomic mass is 14.6. The van der Waals surface area contributed by atoms with Crippen LogP contribution in [-0.4, -0.2) is 4.98 Å². The highest BCUT2D eigenvalue weighted by Crippen LogP contribution is 2.45. The van der Waals surface area contributed by atoms with Gasteiger partial charge in [0.15, 0.2) is 0 Å². The molecule has 0 atom stereocenters. The molecule has 7 rings (SSSR count). The van der Waals surface area contributed by atoms with Crippen LogP contribution in [0, 0.1) is 6.92 Å². The van der Waals surface area contributed by atoms with Crippen molar-refractivity contribution in [1.82, 2.24) is 4.98 Å². The number of rotatable bonds is 3. The Bertz CT molecular complexity index is 1870. The molecule has 0 spiro atoms. The fraction of sp³-hybridized carbons (Fsp3) is 0.0278. The molecule has 7 aromatic rings. The molecular formula is C36H25N. The smallest absolute Gasteiger partial charge is 0.0346 e. The summed E-state index contributed by atoms with van der Waals surface area (Å²) in [6, 6.07) is 44.1. The van der Waals surface area contributed by atoms with Crippen molar-refractivity contribution in [3.8, 4) is 33.4 Å². The maximum Gasteiger partial charge on any atom is 0.0346 e. The van der Waals surface area contributed by atoms with E-state index in [4.69, 9.17) is 0 Å². The lowest BCUT2D eigenvalue weighted by Crippen LogP contribution is -1.91. The first-order chi connectivity index (χ1) is 18.3. The second-order valence-electron chi connectivity index (χ2n) is 9.70. The summed E-state index contributed by atoms with van der Waals surface area (Å²) in [4.78, 5) is 4.38. The molecule has 0 amide bonds. The second-order valence-corrected chi connectivity index (χ2v) is 9.70. The lowest BCUT2D eigenvalue weighted by atomic mass is 9.84. The lowest BCUT2D eigenvalue weighted by Gasteiger charge is -2.19. The number of pyridine rings is 1. The molecule has 1 aromatic heterocycles. The molecule has 6 aromatic carbocycles. The minimum Gasteiger partial charge on any atom is -0.264 e. The van der Waals surface area contributed by atoms with Crippen molar-refractivity contribution in [2.24, 2.45) is 0 Å². The highest BCUT2D eigenvalue weighted by molar-refractivity contribution is 6.23. The Morgan fingerprint density at radius 1 is 0.432 bits per heavy atom. The average Bonchev–Trinajstić information content (AvgIpc) is 2.96. The summed E-state index contributed by atoms with van der Waals surface area (Å²) in [6.45, 7) is 2.08. The molecule has 0 aliphatic heterocycles. The SMILES string of the molecule is Cc1cncc(-c2ccc(-c3c4ccccc4c(-c4cccc5ccccc45)c4ccccc34)cc2)c1. The number of fused-ring (bicyclic) bond motifs is 3. The van der Waals surface area contributed by atoms with E-state index in [1.165, 1.54) is 65.7 Å². The summed E-state index contributed by atoms with van der Waals surface area (Å²) in [7, 11) is 0. The van der Waals surface area contributed by atoms with Gasteiger partial charge in [0, 0.05) is 18.0 Å². The molecule has 0 radical (unpaired) electrons.